The minimum atomic E-state index is -0.0427. The van der Waals surface area contributed by atoms with E-state index >= 15 is 0 Å². The van der Waals surface area contributed by atoms with Crippen molar-refractivity contribution in [3.8, 4) is 5.75 Å². The molecule has 1 N–H and O–H groups in total. The van der Waals surface area contributed by atoms with Gasteiger partial charge >= 0.3 is 0 Å². The van der Waals surface area contributed by atoms with E-state index in [9.17, 15) is 4.79 Å². The second kappa shape index (κ2) is 14.9. The van der Waals surface area contributed by atoms with Gasteiger partial charge in [0.25, 0.3) is 5.91 Å². The molecule has 2 aromatic rings. The molecule has 1 aromatic heterocycles. The Morgan fingerprint density at radius 1 is 1.15 bits per heavy atom. The summed E-state index contributed by atoms with van der Waals surface area (Å²) in [6.07, 6.45) is 6.11. The zero-order chi connectivity index (χ0) is 28.4. The number of likely N-dealkylation sites (N-methyl/N-ethyl adjacent to an activating group) is 1. The highest BCUT2D eigenvalue weighted by molar-refractivity contribution is 7.10. The molecule has 6 nitrogen and oxygen atoms in total. The van der Waals surface area contributed by atoms with Crippen LogP contribution in [-0.2, 0) is 4.79 Å². The number of allylic oxidation sites excluding steroid dienone is 1. The summed E-state index contributed by atoms with van der Waals surface area (Å²) in [6.45, 7) is 14.7. The van der Waals surface area contributed by atoms with Crippen molar-refractivity contribution in [2.75, 3.05) is 31.6 Å². The topological polar surface area (TPSA) is 57.2 Å². The van der Waals surface area contributed by atoms with Gasteiger partial charge in [-0.15, -0.1) is 11.3 Å². The molecule has 39 heavy (non-hydrogen) atoms. The quantitative estimate of drug-likeness (QED) is 0.219. The Labute approximate surface area is 239 Å². The molecule has 0 fully saturated rings. The minimum Gasteiger partial charge on any atom is -0.485 e. The summed E-state index contributed by atoms with van der Waals surface area (Å²) in [5.41, 5.74) is 2.59. The number of anilines is 1. The van der Waals surface area contributed by atoms with Crippen molar-refractivity contribution in [3.63, 3.8) is 0 Å². The zero-order valence-corrected chi connectivity index (χ0v) is 25.6. The molecule has 2 atom stereocenters. The second-order valence-electron chi connectivity index (χ2n) is 10.4. The van der Waals surface area contributed by atoms with Crippen LogP contribution in [0.5, 0.6) is 5.75 Å². The fourth-order valence-electron chi connectivity index (χ4n) is 4.49. The third kappa shape index (κ3) is 8.46. The van der Waals surface area contributed by atoms with Gasteiger partial charge in [0.2, 0.25) is 0 Å². The van der Waals surface area contributed by atoms with Crippen molar-refractivity contribution in [3.05, 3.63) is 69.7 Å². The van der Waals surface area contributed by atoms with Crippen LogP contribution in [0.2, 0.25) is 0 Å². The van der Waals surface area contributed by atoms with Crippen LogP contribution in [0.3, 0.4) is 0 Å². The molecule has 1 aliphatic heterocycles. The molecule has 1 amide bonds. The standard InChI is InChI=1S/C32H46N4O2S/c1-8-23(4)16-17-29(30-15-12-20-39-30)38-27-14-11-13-26(22-27)36-19-18-35(7)31(34-25(6)33-10-3)28(32(36)37)21-24(5)9-2/h11-15,20-23,29H,8-10,16-19H2,1-7H3,(H,33,34)/b24-21-. The number of nitrogens with zero attached hydrogens (tertiary/aromatic N) is 3. The highest BCUT2D eigenvalue weighted by atomic mass is 32.1. The van der Waals surface area contributed by atoms with Crippen LogP contribution in [0.15, 0.2) is 69.8 Å². The first-order valence-electron chi connectivity index (χ1n) is 14.3. The molecule has 0 saturated carbocycles. The van der Waals surface area contributed by atoms with Gasteiger partial charge in [0.1, 0.15) is 23.5 Å². The Balaban J connectivity index is 1.95. The lowest BCUT2D eigenvalue weighted by Crippen LogP contribution is -2.34. The van der Waals surface area contributed by atoms with Gasteiger partial charge in [0, 0.05) is 43.3 Å². The van der Waals surface area contributed by atoms with Gasteiger partial charge in [-0.2, -0.15) is 0 Å². The molecular weight excluding hydrogens is 504 g/mol. The van der Waals surface area contributed by atoms with Gasteiger partial charge in [-0.3, -0.25) is 4.79 Å². The highest BCUT2D eigenvalue weighted by Crippen LogP contribution is 2.33. The second-order valence-corrected chi connectivity index (χ2v) is 11.4. The number of hydrogen-bond acceptors (Lipinski definition) is 5. The summed E-state index contributed by atoms with van der Waals surface area (Å²) in [4.78, 5) is 24.1. The number of hydrogen-bond donors (Lipinski definition) is 1. The van der Waals surface area contributed by atoms with Crippen molar-refractivity contribution in [2.45, 2.75) is 73.3 Å². The number of rotatable bonds is 12. The van der Waals surface area contributed by atoms with Gasteiger partial charge in [-0.25, -0.2) is 4.99 Å². The lowest BCUT2D eigenvalue weighted by Gasteiger charge is -2.24. The summed E-state index contributed by atoms with van der Waals surface area (Å²) in [5.74, 6) is 2.90. The molecule has 1 aliphatic rings. The fraction of sp³-hybridized carbons (Fsp3) is 0.500. The molecule has 0 radical (unpaired) electrons. The van der Waals surface area contributed by atoms with Crippen LogP contribution in [0.1, 0.15) is 78.2 Å². The van der Waals surface area contributed by atoms with E-state index in [0.717, 1.165) is 48.7 Å². The van der Waals surface area contributed by atoms with Crippen molar-refractivity contribution in [1.82, 2.24) is 10.2 Å². The third-order valence-electron chi connectivity index (χ3n) is 7.28. The van der Waals surface area contributed by atoms with Crippen molar-refractivity contribution < 1.29 is 9.53 Å². The van der Waals surface area contributed by atoms with E-state index in [-0.39, 0.29) is 12.0 Å². The number of carbonyl (C=O) groups is 1. The number of ether oxygens (including phenoxy) is 1. The van der Waals surface area contributed by atoms with Crippen LogP contribution in [0, 0.1) is 5.92 Å². The van der Waals surface area contributed by atoms with Crippen LogP contribution < -0.4 is 15.0 Å². The molecule has 212 valence electrons. The molecule has 2 heterocycles. The van der Waals surface area contributed by atoms with Crippen LogP contribution in [0.25, 0.3) is 0 Å². The molecule has 2 unspecified atom stereocenters. The van der Waals surface area contributed by atoms with Crippen LogP contribution in [0.4, 0.5) is 5.69 Å². The van der Waals surface area contributed by atoms with Crippen molar-refractivity contribution in [1.29, 1.82) is 0 Å². The summed E-state index contributed by atoms with van der Waals surface area (Å²) < 4.78 is 6.59. The number of carbonyl (C=O) groups excluding carboxylic acids is 1. The lowest BCUT2D eigenvalue weighted by molar-refractivity contribution is -0.114. The van der Waals surface area contributed by atoms with Gasteiger partial charge in [0.05, 0.1) is 5.57 Å². The number of nitrogens with one attached hydrogen (secondary N) is 1. The normalized spacial score (nSPS) is 16.8. The van der Waals surface area contributed by atoms with Gasteiger partial charge in [-0.1, -0.05) is 44.9 Å². The summed E-state index contributed by atoms with van der Waals surface area (Å²) in [5, 5.41) is 5.37. The number of aliphatic imine (C=N–C) groups is 1. The number of amides is 1. The average molecular weight is 551 g/mol. The third-order valence-corrected chi connectivity index (χ3v) is 8.24. The summed E-state index contributed by atoms with van der Waals surface area (Å²) in [6, 6.07) is 12.2. The molecule has 1 aromatic carbocycles. The maximum atomic E-state index is 14.1. The van der Waals surface area contributed by atoms with Crippen molar-refractivity contribution >= 4 is 28.8 Å². The van der Waals surface area contributed by atoms with E-state index < -0.39 is 0 Å². The smallest absolute Gasteiger partial charge is 0.262 e. The Kier molecular flexibility index (Phi) is 11.7. The van der Waals surface area contributed by atoms with E-state index in [1.807, 2.05) is 56.1 Å². The molecule has 0 spiro atoms. The Bertz CT molecular complexity index is 1170. The SMILES string of the molecule is CCN/C(C)=N/C1=C(/C=C(/C)CC)C(=O)N(c2cccc(OC(CCC(C)CC)c3cccs3)c2)CCN1C. The van der Waals surface area contributed by atoms with Crippen molar-refractivity contribution in [2.24, 2.45) is 10.9 Å². The fourth-order valence-corrected chi connectivity index (χ4v) is 5.28. The highest BCUT2D eigenvalue weighted by Gasteiger charge is 2.28. The van der Waals surface area contributed by atoms with E-state index in [1.54, 1.807) is 11.3 Å². The first-order chi connectivity index (χ1) is 18.8. The minimum absolute atomic E-state index is 0.000734. The predicted octanol–water partition coefficient (Wildman–Crippen LogP) is 7.57. The number of amidine groups is 1. The molecular formula is C32H46N4O2S. The molecule has 0 bridgehead atoms. The van der Waals surface area contributed by atoms with E-state index in [4.69, 9.17) is 9.73 Å². The first kappa shape index (κ1) is 30.5. The van der Waals surface area contributed by atoms with E-state index in [2.05, 4.69) is 55.4 Å². The lowest BCUT2D eigenvalue weighted by atomic mass is 10.00. The van der Waals surface area contributed by atoms with Gasteiger partial charge in [0.15, 0.2) is 0 Å². The summed E-state index contributed by atoms with van der Waals surface area (Å²) >= 11 is 1.74. The Hall–Kier alpha value is -3.06. The maximum absolute atomic E-state index is 14.1. The largest absolute Gasteiger partial charge is 0.485 e. The van der Waals surface area contributed by atoms with Gasteiger partial charge in [-0.05, 0) is 75.6 Å². The Morgan fingerprint density at radius 2 is 1.95 bits per heavy atom. The Morgan fingerprint density at radius 3 is 2.62 bits per heavy atom. The van der Waals surface area contributed by atoms with Crippen LogP contribution in [-0.4, -0.2) is 43.3 Å². The van der Waals surface area contributed by atoms with E-state index in [1.165, 1.54) is 11.3 Å². The van der Waals surface area contributed by atoms with Gasteiger partial charge < -0.3 is 19.9 Å². The zero-order valence-electron chi connectivity index (χ0n) is 24.8. The molecule has 0 aliphatic carbocycles. The maximum Gasteiger partial charge on any atom is 0.262 e. The molecule has 3 rings (SSSR count). The first-order valence-corrected chi connectivity index (χ1v) is 15.2. The molecule has 7 heteroatoms. The monoisotopic (exact) mass is 550 g/mol. The predicted molar refractivity (Wildman–Crippen MR) is 166 cm³/mol. The average Bonchev–Trinajstić information content (AvgIpc) is 3.44. The van der Waals surface area contributed by atoms with E-state index in [0.29, 0.717) is 30.4 Å². The summed E-state index contributed by atoms with van der Waals surface area (Å²) in [7, 11) is 2.01. The molecule has 0 saturated heterocycles. The number of thiophene rings is 1. The number of benzene rings is 1. The van der Waals surface area contributed by atoms with Crippen LogP contribution >= 0.6 is 11.3 Å².